The summed E-state index contributed by atoms with van der Waals surface area (Å²) in [7, 11) is 0. The molecule has 2 heteroatoms. The van der Waals surface area contributed by atoms with Gasteiger partial charge in [0, 0.05) is 24.7 Å². The molecule has 0 aromatic carbocycles. The third kappa shape index (κ3) is 3.59. The van der Waals surface area contributed by atoms with Crippen molar-refractivity contribution < 1.29 is 9.59 Å². The van der Waals surface area contributed by atoms with Crippen LogP contribution in [0.15, 0.2) is 24.3 Å². The van der Waals surface area contributed by atoms with Crippen LogP contribution in [0, 0.1) is 34.5 Å². The highest BCUT2D eigenvalue weighted by Gasteiger charge is 2.39. The van der Waals surface area contributed by atoms with Crippen LogP contribution in [0.2, 0.25) is 0 Å². The second kappa shape index (κ2) is 5.79. The summed E-state index contributed by atoms with van der Waals surface area (Å²) in [5.74, 6) is 0.832. The van der Waals surface area contributed by atoms with Gasteiger partial charge in [0.25, 0.3) is 0 Å². The SMILES string of the molecule is C[C@H]1C(=O)CC(C)(C)C=C[C@H]1[C@@H]1C=CC(C)(C)CC(=O)[C@@H]1C. The predicted octanol–water partition coefficient (Wildman–Crippen LogP) is 4.60. The molecule has 22 heavy (non-hydrogen) atoms. The molecule has 0 aromatic heterocycles. The molecule has 2 aliphatic rings. The molecule has 0 heterocycles. The molecule has 0 radical (unpaired) electrons. The molecule has 0 amide bonds. The quantitative estimate of drug-likeness (QED) is 0.663. The van der Waals surface area contributed by atoms with Crippen LogP contribution in [0.25, 0.3) is 0 Å². The average Bonchev–Trinajstić information content (AvgIpc) is 2.54. The smallest absolute Gasteiger partial charge is 0.137 e. The predicted molar refractivity (Wildman–Crippen MR) is 90.4 cm³/mol. The summed E-state index contributed by atoms with van der Waals surface area (Å²) < 4.78 is 0. The summed E-state index contributed by atoms with van der Waals surface area (Å²) in [4.78, 5) is 25.1. The molecular weight excluding hydrogens is 272 g/mol. The van der Waals surface area contributed by atoms with E-state index in [1.165, 1.54) is 0 Å². The van der Waals surface area contributed by atoms with E-state index in [2.05, 4.69) is 52.0 Å². The zero-order valence-electron chi connectivity index (χ0n) is 14.8. The Morgan fingerprint density at radius 3 is 1.41 bits per heavy atom. The molecule has 2 rings (SSSR count). The Bertz CT molecular complexity index is 474. The van der Waals surface area contributed by atoms with E-state index in [1.54, 1.807) is 0 Å². The fraction of sp³-hybridized carbons (Fsp3) is 0.700. The minimum absolute atomic E-state index is 0.0239. The van der Waals surface area contributed by atoms with E-state index >= 15 is 0 Å². The number of carbonyl (C=O) groups is 2. The van der Waals surface area contributed by atoms with Crippen molar-refractivity contribution in [3.05, 3.63) is 24.3 Å². The molecule has 0 spiro atoms. The van der Waals surface area contributed by atoms with E-state index in [4.69, 9.17) is 0 Å². The highest BCUT2D eigenvalue weighted by Crippen LogP contribution is 2.41. The topological polar surface area (TPSA) is 34.1 Å². The van der Waals surface area contributed by atoms with Crippen molar-refractivity contribution in [3.63, 3.8) is 0 Å². The number of carbonyl (C=O) groups excluding carboxylic acids is 2. The van der Waals surface area contributed by atoms with Gasteiger partial charge in [-0.05, 0) is 22.7 Å². The van der Waals surface area contributed by atoms with Crippen LogP contribution in [0.5, 0.6) is 0 Å². The third-order valence-electron chi connectivity index (χ3n) is 5.41. The van der Waals surface area contributed by atoms with E-state index in [0.29, 0.717) is 24.4 Å². The summed E-state index contributed by atoms with van der Waals surface area (Å²) in [6, 6.07) is 0. The second-order valence-electron chi connectivity index (χ2n) is 8.71. The van der Waals surface area contributed by atoms with Crippen LogP contribution in [-0.2, 0) is 9.59 Å². The molecule has 2 aliphatic carbocycles. The number of hydrogen-bond donors (Lipinski definition) is 0. The number of allylic oxidation sites excluding steroid dienone is 4. The van der Waals surface area contributed by atoms with Crippen molar-refractivity contribution in [3.8, 4) is 0 Å². The molecule has 0 saturated heterocycles. The van der Waals surface area contributed by atoms with E-state index < -0.39 is 0 Å². The van der Waals surface area contributed by atoms with Crippen molar-refractivity contribution in [1.82, 2.24) is 0 Å². The van der Waals surface area contributed by atoms with Gasteiger partial charge >= 0.3 is 0 Å². The number of ketones is 2. The number of hydrogen-bond acceptors (Lipinski definition) is 2. The van der Waals surface area contributed by atoms with Gasteiger partial charge in [-0.15, -0.1) is 0 Å². The summed E-state index contributed by atoms with van der Waals surface area (Å²) in [5, 5.41) is 0. The van der Waals surface area contributed by atoms with E-state index in [9.17, 15) is 9.59 Å². The molecule has 0 unspecified atom stereocenters. The highest BCUT2D eigenvalue weighted by atomic mass is 16.1. The summed E-state index contributed by atoms with van der Waals surface area (Å²) >= 11 is 0. The zero-order valence-corrected chi connectivity index (χ0v) is 14.8. The molecule has 0 saturated carbocycles. The fourth-order valence-electron chi connectivity index (χ4n) is 3.77. The van der Waals surface area contributed by atoms with Gasteiger partial charge in [0.15, 0.2) is 0 Å². The highest BCUT2D eigenvalue weighted by molar-refractivity contribution is 5.84. The Hall–Kier alpha value is -1.18. The van der Waals surface area contributed by atoms with Crippen molar-refractivity contribution >= 4 is 11.6 Å². The molecule has 122 valence electrons. The molecule has 0 aromatic rings. The molecule has 2 nitrogen and oxygen atoms in total. The van der Waals surface area contributed by atoms with Gasteiger partial charge in [0.1, 0.15) is 11.6 Å². The minimum atomic E-state index is -0.0823. The molecule has 0 fully saturated rings. The fourth-order valence-corrected chi connectivity index (χ4v) is 3.77. The van der Waals surface area contributed by atoms with Gasteiger partial charge in [-0.25, -0.2) is 0 Å². The van der Waals surface area contributed by atoms with Crippen LogP contribution in [0.4, 0.5) is 0 Å². The molecular formula is C20H30O2. The molecule has 0 bridgehead atoms. The number of Topliss-reactive ketones (excluding diaryl/α,β-unsaturated/α-hetero) is 2. The summed E-state index contributed by atoms with van der Waals surface area (Å²) in [6.07, 6.45) is 9.94. The van der Waals surface area contributed by atoms with Crippen LogP contribution >= 0.6 is 0 Å². The van der Waals surface area contributed by atoms with E-state index in [0.717, 1.165) is 0 Å². The number of rotatable bonds is 1. The summed E-state index contributed by atoms with van der Waals surface area (Å²) in [5.41, 5.74) is -0.165. The Morgan fingerprint density at radius 1 is 0.773 bits per heavy atom. The van der Waals surface area contributed by atoms with Gasteiger partial charge in [-0.2, -0.15) is 0 Å². The first kappa shape index (κ1) is 17.2. The third-order valence-corrected chi connectivity index (χ3v) is 5.41. The summed E-state index contributed by atoms with van der Waals surface area (Å²) in [6.45, 7) is 12.5. The lowest BCUT2D eigenvalue weighted by Gasteiger charge is -2.29. The lowest BCUT2D eigenvalue weighted by Crippen LogP contribution is -2.31. The second-order valence-corrected chi connectivity index (χ2v) is 8.71. The maximum Gasteiger partial charge on any atom is 0.137 e. The van der Waals surface area contributed by atoms with Crippen molar-refractivity contribution in [2.75, 3.05) is 0 Å². The van der Waals surface area contributed by atoms with Crippen LogP contribution in [0.1, 0.15) is 54.4 Å². The Kier molecular flexibility index (Phi) is 4.52. The van der Waals surface area contributed by atoms with Gasteiger partial charge in [0.2, 0.25) is 0 Å². The van der Waals surface area contributed by atoms with Crippen LogP contribution in [-0.4, -0.2) is 11.6 Å². The van der Waals surface area contributed by atoms with Gasteiger partial charge in [-0.3, -0.25) is 9.59 Å². The molecule has 0 N–H and O–H groups in total. The van der Waals surface area contributed by atoms with E-state index in [-0.39, 0.29) is 34.5 Å². The Labute approximate surface area is 135 Å². The zero-order chi connectivity index (χ0) is 16.7. The minimum Gasteiger partial charge on any atom is -0.299 e. The average molecular weight is 302 g/mol. The van der Waals surface area contributed by atoms with Gasteiger partial charge in [0.05, 0.1) is 0 Å². The van der Waals surface area contributed by atoms with Crippen LogP contribution in [0.3, 0.4) is 0 Å². The maximum absolute atomic E-state index is 12.5. The Morgan fingerprint density at radius 2 is 1.09 bits per heavy atom. The lowest BCUT2D eigenvalue weighted by molar-refractivity contribution is -0.128. The lowest BCUT2D eigenvalue weighted by atomic mass is 9.73. The normalized spacial score (nSPS) is 37.7. The first-order valence-corrected chi connectivity index (χ1v) is 8.47. The van der Waals surface area contributed by atoms with Crippen LogP contribution < -0.4 is 0 Å². The van der Waals surface area contributed by atoms with Crippen molar-refractivity contribution in [1.29, 1.82) is 0 Å². The first-order chi connectivity index (χ1) is 10.0. The maximum atomic E-state index is 12.5. The molecule has 4 atom stereocenters. The van der Waals surface area contributed by atoms with Gasteiger partial charge in [-0.1, -0.05) is 65.8 Å². The Balaban J connectivity index is 2.39. The monoisotopic (exact) mass is 302 g/mol. The van der Waals surface area contributed by atoms with Crippen molar-refractivity contribution in [2.45, 2.75) is 54.4 Å². The largest absolute Gasteiger partial charge is 0.299 e. The first-order valence-electron chi connectivity index (χ1n) is 8.47. The van der Waals surface area contributed by atoms with Crippen molar-refractivity contribution in [2.24, 2.45) is 34.5 Å². The molecule has 0 aliphatic heterocycles. The van der Waals surface area contributed by atoms with Gasteiger partial charge < -0.3 is 0 Å². The standard InChI is InChI=1S/C20H30O2/c1-13-15(7-9-19(3,4)11-17(13)21)16-8-10-20(5,6)12-18(22)14(16)2/h7-10,13-16H,11-12H2,1-6H3/t13-,14-,15-,16-/m1/s1. The van der Waals surface area contributed by atoms with E-state index in [1.807, 2.05) is 13.8 Å².